The number of imidazole rings is 1. The summed E-state index contributed by atoms with van der Waals surface area (Å²) in [5.74, 6) is 0.850. The zero-order chi connectivity index (χ0) is 14.7. The fourth-order valence-electron chi connectivity index (χ4n) is 2.74. The molecule has 0 bridgehead atoms. The SMILES string of the molecule is CC(C)C(=O)N1CCCC(c2nccn2CC(N)=O)C1. The van der Waals surface area contributed by atoms with E-state index in [1.54, 1.807) is 17.0 Å². The highest BCUT2D eigenvalue weighted by Gasteiger charge is 2.28. The molecule has 0 spiro atoms. The first-order chi connectivity index (χ1) is 9.49. The van der Waals surface area contributed by atoms with Crippen LogP contribution in [0.2, 0.25) is 0 Å². The van der Waals surface area contributed by atoms with Crippen LogP contribution in [0.4, 0.5) is 0 Å². The lowest BCUT2D eigenvalue weighted by molar-refractivity contribution is -0.135. The highest BCUT2D eigenvalue weighted by molar-refractivity contribution is 5.78. The van der Waals surface area contributed by atoms with Crippen molar-refractivity contribution in [2.75, 3.05) is 13.1 Å². The summed E-state index contributed by atoms with van der Waals surface area (Å²) >= 11 is 0. The van der Waals surface area contributed by atoms with Gasteiger partial charge in [0.15, 0.2) is 0 Å². The average Bonchev–Trinajstić information content (AvgIpc) is 2.85. The molecular weight excluding hydrogens is 256 g/mol. The van der Waals surface area contributed by atoms with E-state index in [1.165, 1.54) is 0 Å². The van der Waals surface area contributed by atoms with Crippen molar-refractivity contribution < 1.29 is 9.59 Å². The van der Waals surface area contributed by atoms with Gasteiger partial charge in [-0.2, -0.15) is 0 Å². The Hall–Kier alpha value is -1.85. The molecular formula is C14H22N4O2. The molecule has 1 aliphatic heterocycles. The minimum absolute atomic E-state index is 0.0131. The summed E-state index contributed by atoms with van der Waals surface area (Å²) in [4.78, 5) is 29.4. The monoisotopic (exact) mass is 278 g/mol. The van der Waals surface area contributed by atoms with Crippen LogP contribution >= 0.6 is 0 Å². The van der Waals surface area contributed by atoms with Gasteiger partial charge in [-0.15, -0.1) is 0 Å². The number of nitrogens with two attached hydrogens (primary N) is 1. The number of aromatic nitrogens is 2. The van der Waals surface area contributed by atoms with Crippen molar-refractivity contribution in [3.8, 4) is 0 Å². The van der Waals surface area contributed by atoms with Crippen LogP contribution < -0.4 is 5.73 Å². The van der Waals surface area contributed by atoms with Crippen molar-refractivity contribution in [1.82, 2.24) is 14.5 Å². The van der Waals surface area contributed by atoms with E-state index in [2.05, 4.69) is 4.98 Å². The summed E-state index contributed by atoms with van der Waals surface area (Å²) < 4.78 is 1.79. The molecule has 110 valence electrons. The lowest BCUT2D eigenvalue weighted by atomic mass is 9.96. The van der Waals surface area contributed by atoms with Crippen molar-refractivity contribution in [3.63, 3.8) is 0 Å². The summed E-state index contributed by atoms with van der Waals surface area (Å²) in [5.41, 5.74) is 5.25. The first kappa shape index (κ1) is 14.6. The van der Waals surface area contributed by atoms with E-state index in [-0.39, 0.29) is 30.2 Å². The number of hydrogen-bond donors (Lipinski definition) is 1. The van der Waals surface area contributed by atoms with Crippen molar-refractivity contribution in [3.05, 3.63) is 18.2 Å². The van der Waals surface area contributed by atoms with Crippen LogP contribution in [0, 0.1) is 5.92 Å². The van der Waals surface area contributed by atoms with Gasteiger partial charge in [-0.3, -0.25) is 9.59 Å². The Bertz CT molecular complexity index is 495. The number of hydrogen-bond acceptors (Lipinski definition) is 3. The number of primary amides is 1. The molecule has 1 aromatic heterocycles. The molecule has 2 rings (SSSR count). The molecule has 0 aromatic carbocycles. The van der Waals surface area contributed by atoms with E-state index in [4.69, 9.17) is 5.73 Å². The highest BCUT2D eigenvalue weighted by atomic mass is 16.2. The topological polar surface area (TPSA) is 81.2 Å². The molecule has 0 aliphatic carbocycles. The number of carbonyl (C=O) groups is 2. The van der Waals surface area contributed by atoms with Crippen molar-refractivity contribution in [2.24, 2.45) is 11.7 Å². The molecule has 1 unspecified atom stereocenters. The quantitative estimate of drug-likeness (QED) is 0.881. The Morgan fingerprint density at radius 1 is 1.50 bits per heavy atom. The fourth-order valence-corrected chi connectivity index (χ4v) is 2.74. The Kier molecular flexibility index (Phi) is 4.42. The Morgan fingerprint density at radius 3 is 2.90 bits per heavy atom. The van der Waals surface area contributed by atoms with E-state index in [0.29, 0.717) is 6.54 Å². The van der Waals surface area contributed by atoms with Gasteiger partial charge in [-0.25, -0.2) is 4.98 Å². The van der Waals surface area contributed by atoms with E-state index in [0.717, 1.165) is 25.2 Å². The van der Waals surface area contributed by atoms with Crippen LogP contribution in [0.25, 0.3) is 0 Å². The van der Waals surface area contributed by atoms with Crippen molar-refractivity contribution >= 4 is 11.8 Å². The van der Waals surface area contributed by atoms with Gasteiger partial charge in [0.05, 0.1) is 0 Å². The number of rotatable bonds is 4. The van der Waals surface area contributed by atoms with Crippen LogP contribution in [0.5, 0.6) is 0 Å². The number of nitrogens with zero attached hydrogens (tertiary/aromatic N) is 3. The maximum Gasteiger partial charge on any atom is 0.237 e. The molecule has 1 fully saturated rings. The third-order valence-corrected chi connectivity index (χ3v) is 3.67. The van der Waals surface area contributed by atoms with E-state index in [1.807, 2.05) is 18.7 Å². The van der Waals surface area contributed by atoms with Crippen LogP contribution in [0.1, 0.15) is 38.4 Å². The van der Waals surface area contributed by atoms with Crippen LogP contribution in [-0.4, -0.2) is 39.4 Å². The molecule has 1 atom stereocenters. The lowest BCUT2D eigenvalue weighted by Gasteiger charge is -2.33. The van der Waals surface area contributed by atoms with E-state index >= 15 is 0 Å². The molecule has 2 N–H and O–H groups in total. The van der Waals surface area contributed by atoms with Crippen LogP contribution in [0.15, 0.2) is 12.4 Å². The van der Waals surface area contributed by atoms with E-state index < -0.39 is 0 Å². The van der Waals surface area contributed by atoms with Gasteiger partial charge in [0, 0.05) is 37.3 Å². The van der Waals surface area contributed by atoms with Crippen LogP contribution in [-0.2, 0) is 16.1 Å². The second kappa shape index (κ2) is 6.07. The first-order valence-corrected chi connectivity index (χ1v) is 7.07. The second-order valence-corrected chi connectivity index (χ2v) is 5.66. The summed E-state index contributed by atoms with van der Waals surface area (Å²) in [5, 5.41) is 0. The number of piperidine rings is 1. The smallest absolute Gasteiger partial charge is 0.237 e. The summed E-state index contributed by atoms with van der Waals surface area (Å²) in [6.07, 6.45) is 5.40. The van der Waals surface area contributed by atoms with Gasteiger partial charge in [0.2, 0.25) is 11.8 Å². The van der Waals surface area contributed by atoms with Crippen molar-refractivity contribution in [1.29, 1.82) is 0 Å². The zero-order valence-corrected chi connectivity index (χ0v) is 12.1. The van der Waals surface area contributed by atoms with Crippen molar-refractivity contribution in [2.45, 2.75) is 39.2 Å². The molecule has 0 radical (unpaired) electrons. The molecule has 1 aromatic rings. The fraction of sp³-hybridized carbons (Fsp3) is 0.643. The molecule has 1 aliphatic rings. The normalized spacial score (nSPS) is 19.4. The third-order valence-electron chi connectivity index (χ3n) is 3.67. The molecule has 6 heteroatoms. The molecule has 1 saturated heterocycles. The van der Waals surface area contributed by atoms with Gasteiger partial charge in [0.25, 0.3) is 0 Å². The molecule has 2 amide bonds. The average molecular weight is 278 g/mol. The third kappa shape index (κ3) is 3.18. The zero-order valence-electron chi connectivity index (χ0n) is 12.1. The van der Waals surface area contributed by atoms with Gasteiger partial charge >= 0.3 is 0 Å². The highest BCUT2D eigenvalue weighted by Crippen LogP contribution is 2.26. The maximum absolute atomic E-state index is 12.1. The summed E-state index contributed by atoms with van der Waals surface area (Å²) in [6.45, 7) is 5.46. The van der Waals surface area contributed by atoms with Gasteiger partial charge in [-0.1, -0.05) is 13.8 Å². The predicted octanol–water partition coefficient (Wildman–Crippen LogP) is 0.730. The van der Waals surface area contributed by atoms with Gasteiger partial charge < -0.3 is 15.2 Å². The molecule has 20 heavy (non-hydrogen) atoms. The number of carbonyl (C=O) groups excluding carboxylic acids is 2. The Balaban J connectivity index is 2.11. The van der Waals surface area contributed by atoms with Crippen LogP contribution in [0.3, 0.4) is 0 Å². The maximum atomic E-state index is 12.1. The molecule has 2 heterocycles. The Labute approximate surface area is 119 Å². The number of amides is 2. The molecule has 6 nitrogen and oxygen atoms in total. The summed E-state index contributed by atoms with van der Waals surface area (Å²) in [7, 11) is 0. The standard InChI is InChI=1S/C14H22N4O2/c1-10(2)14(20)18-6-3-4-11(8-18)13-16-5-7-17(13)9-12(15)19/h5,7,10-11H,3-4,6,8-9H2,1-2H3,(H2,15,19). The minimum Gasteiger partial charge on any atom is -0.368 e. The number of likely N-dealkylation sites (tertiary alicyclic amines) is 1. The van der Waals surface area contributed by atoms with Gasteiger partial charge in [-0.05, 0) is 12.8 Å². The van der Waals surface area contributed by atoms with E-state index in [9.17, 15) is 9.59 Å². The lowest BCUT2D eigenvalue weighted by Crippen LogP contribution is -2.41. The molecule has 0 saturated carbocycles. The first-order valence-electron chi connectivity index (χ1n) is 7.07. The minimum atomic E-state index is -0.379. The largest absolute Gasteiger partial charge is 0.368 e. The second-order valence-electron chi connectivity index (χ2n) is 5.66. The van der Waals surface area contributed by atoms with Gasteiger partial charge in [0.1, 0.15) is 12.4 Å². The summed E-state index contributed by atoms with van der Waals surface area (Å²) in [6, 6.07) is 0. The Morgan fingerprint density at radius 2 is 2.25 bits per heavy atom. The predicted molar refractivity (Wildman–Crippen MR) is 74.8 cm³/mol.